The van der Waals surface area contributed by atoms with Crippen LogP contribution in [0.3, 0.4) is 0 Å². The van der Waals surface area contributed by atoms with Gasteiger partial charge in [0.25, 0.3) is 0 Å². The molecule has 1 aromatic rings. The number of carbonyl (C=O) groups is 2. The van der Waals surface area contributed by atoms with Gasteiger partial charge in [-0.2, -0.15) is 0 Å². The predicted octanol–water partition coefficient (Wildman–Crippen LogP) is 6.87. The van der Waals surface area contributed by atoms with Crippen molar-refractivity contribution in [2.24, 2.45) is 44.8 Å². The van der Waals surface area contributed by atoms with E-state index in [1.54, 1.807) is 0 Å². The van der Waals surface area contributed by atoms with E-state index in [0.717, 1.165) is 57.1 Å². The molecule has 3 saturated carbocycles. The van der Waals surface area contributed by atoms with Crippen LogP contribution in [0.5, 0.6) is 0 Å². The number of hydrogen-bond acceptors (Lipinski definition) is 4. The number of aldehydes is 1. The lowest BCUT2D eigenvalue weighted by atomic mass is 9.34. The molecule has 5 aliphatic carbocycles. The van der Waals surface area contributed by atoms with Crippen LogP contribution in [-0.2, 0) is 21.4 Å². The lowest BCUT2D eigenvalue weighted by Gasteiger charge is -2.69. The van der Waals surface area contributed by atoms with Gasteiger partial charge in [-0.05, 0) is 90.9 Å². The fourth-order valence-electron chi connectivity index (χ4n) is 10.5. The zero-order valence-electron chi connectivity index (χ0n) is 22.8. The maximum atomic E-state index is 14.3. The van der Waals surface area contributed by atoms with Crippen LogP contribution in [0.2, 0.25) is 0 Å². The molecule has 0 radical (unpaired) electrons. The van der Waals surface area contributed by atoms with E-state index < -0.39 is 0 Å². The second-order valence-electron chi connectivity index (χ2n) is 15.1. The Kier molecular flexibility index (Phi) is 4.59. The molecular weight excluding hydrogens is 434 g/mol. The number of aromatic nitrogens is 1. The van der Waals surface area contributed by atoms with Gasteiger partial charge in [0.2, 0.25) is 0 Å². The molecule has 35 heavy (non-hydrogen) atoms. The van der Waals surface area contributed by atoms with Gasteiger partial charge in [0, 0.05) is 22.3 Å². The van der Waals surface area contributed by atoms with Crippen molar-refractivity contribution in [2.75, 3.05) is 0 Å². The van der Waals surface area contributed by atoms with Gasteiger partial charge in [-0.15, -0.1) is 0 Å². The van der Waals surface area contributed by atoms with E-state index in [1.165, 1.54) is 17.4 Å². The second kappa shape index (κ2) is 6.78. The topological polar surface area (TPSA) is 60.2 Å². The zero-order valence-corrected chi connectivity index (χ0v) is 22.8. The van der Waals surface area contributed by atoms with E-state index in [2.05, 4.69) is 59.7 Å². The molecule has 1 aromatic heterocycles. The van der Waals surface area contributed by atoms with Gasteiger partial charge in [0.05, 0.1) is 6.20 Å². The van der Waals surface area contributed by atoms with Crippen LogP contribution in [0.1, 0.15) is 105 Å². The second-order valence-corrected chi connectivity index (χ2v) is 15.1. The Hall–Kier alpha value is -1.71. The first-order valence-electron chi connectivity index (χ1n) is 13.9. The van der Waals surface area contributed by atoms with Gasteiger partial charge < -0.3 is 9.32 Å². The van der Waals surface area contributed by atoms with Crippen LogP contribution in [0.15, 0.2) is 22.4 Å². The van der Waals surface area contributed by atoms with Crippen LogP contribution < -0.4 is 0 Å². The molecule has 5 aliphatic rings. The number of fused-ring (bicyclic) bond motifs is 8. The van der Waals surface area contributed by atoms with Crippen molar-refractivity contribution in [3.05, 3.63) is 29.2 Å². The van der Waals surface area contributed by atoms with Crippen molar-refractivity contribution in [1.29, 1.82) is 0 Å². The molecule has 4 heteroatoms. The van der Waals surface area contributed by atoms with Crippen LogP contribution >= 0.6 is 0 Å². The van der Waals surface area contributed by atoms with Gasteiger partial charge in [0.1, 0.15) is 12.0 Å². The molecule has 0 N–H and O–H groups in total. The normalized spacial score (nSPS) is 47.3. The van der Waals surface area contributed by atoms with Gasteiger partial charge in [0.15, 0.2) is 5.78 Å². The van der Waals surface area contributed by atoms with E-state index in [4.69, 9.17) is 4.52 Å². The predicted molar refractivity (Wildman–Crippen MR) is 136 cm³/mol. The molecule has 0 saturated heterocycles. The summed E-state index contributed by atoms with van der Waals surface area (Å²) in [7, 11) is 0. The molecule has 4 nitrogen and oxygen atoms in total. The third-order valence-electron chi connectivity index (χ3n) is 12.6. The van der Waals surface area contributed by atoms with Gasteiger partial charge in [-0.25, -0.2) is 0 Å². The number of ketones is 1. The summed E-state index contributed by atoms with van der Waals surface area (Å²) in [6.07, 6.45) is 13.3. The smallest absolute Gasteiger partial charge is 0.159 e. The maximum Gasteiger partial charge on any atom is 0.159 e. The van der Waals surface area contributed by atoms with E-state index in [9.17, 15) is 9.59 Å². The quantitative estimate of drug-likeness (QED) is 0.414. The lowest BCUT2D eigenvalue weighted by molar-refractivity contribution is -0.172. The first kappa shape index (κ1) is 23.7. The van der Waals surface area contributed by atoms with Crippen molar-refractivity contribution >= 4 is 12.1 Å². The minimum absolute atomic E-state index is 0.0434. The fraction of sp³-hybridized carbons (Fsp3) is 0.774. The number of nitrogens with zero attached hydrogens (tertiary/aromatic N) is 1. The first-order chi connectivity index (χ1) is 16.2. The molecule has 7 atom stereocenters. The molecule has 0 aromatic carbocycles. The van der Waals surface area contributed by atoms with Crippen molar-refractivity contribution in [2.45, 2.75) is 105 Å². The average molecular weight is 478 g/mol. The van der Waals surface area contributed by atoms with Gasteiger partial charge in [-0.1, -0.05) is 59.2 Å². The minimum atomic E-state index is -0.317. The summed E-state index contributed by atoms with van der Waals surface area (Å²) in [5.41, 5.74) is 2.07. The highest BCUT2D eigenvalue weighted by molar-refractivity contribution is 5.96. The van der Waals surface area contributed by atoms with E-state index in [-0.39, 0.29) is 44.3 Å². The molecule has 0 bridgehead atoms. The highest BCUT2D eigenvalue weighted by Gasteiger charge is 2.70. The summed E-state index contributed by atoms with van der Waals surface area (Å²) in [6.45, 7) is 16.6. The van der Waals surface area contributed by atoms with Crippen LogP contribution in [-0.4, -0.2) is 17.2 Å². The summed E-state index contributed by atoms with van der Waals surface area (Å²) >= 11 is 0. The van der Waals surface area contributed by atoms with Crippen molar-refractivity contribution < 1.29 is 14.1 Å². The number of allylic oxidation sites excluding steroid dienone is 2. The Morgan fingerprint density at radius 1 is 1.00 bits per heavy atom. The van der Waals surface area contributed by atoms with Gasteiger partial charge in [-0.3, -0.25) is 4.79 Å². The van der Waals surface area contributed by atoms with Gasteiger partial charge >= 0.3 is 0 Å². The summed E-state index contributed by atoms with van der Waals surface area (Å²) < 4.78 is 5.79. The summed E-state index contributed by atoms with van der Waals surface area (Å²) in [4.78, 5) is 26.9. The van der Waals surface area contributed by atoms with Crippen LogP contribution in [0.4, 0.5) is 0 Å². The standard InChI is InChI=1S/C31H43NO3/c1-26(2)10-12-31(18-33)13-11-30(7)24(20(31)16-26)21(34)14-23-28(5)15-19-17-32-35-25(19)27(3,4)22(28)8-9-29(23,30)6/h14,17-18,20,22,24H,8-13,15-16H2,1-7H3/t20-,22-,24-,28-,29+,30+,31+/m0/s1. The Labute approximate surface area is 210 Å². The van der Waals surface area contributed by atoms with Crippen LogP contribution in [0.25, 0.3) is 0 Å². The third kappa shape index (κ3) is 2.72. The Balaban J connectivity index is 1.51. The zero-order chi connectivity index (χ0) is 25.2. The highest BCUT2D eigenvalue weighted by Crippen LogP contribution is 2.74. The fourth-order valence-corrected chi connectivity index (χ4v) is 10.5. The van der Waals surface area contributed by atoms with E-state index >= 15 is 0 Å². The first-order valence-corrected chi connectivity index (χ1v) is 13.9. The molecule has 0 amide bonds. The molecule has 1 heterocycles. The Morgan fingerprint density at radius 2 is 1.71 bits per heavy atom. The Morgan fingerprint density at radius 3 is 2.43 bits per heavy atom. The minimum Gasteiger partial charge on any atom is -0.361 e. The SMILES string of the molecule is CC1(C)CC[C@]2(C=O)CC[C@]3(C)[C@H](C(=O)C=C4[C@@]5(C)Cc6cnoc6C(C)(C)[C@@H]5CC[C@]43C)[C@@H]2C1. The summed E-state index contributed by atoms with van der Waals surface area (Å²) in [5, 5.41) is 4.19. The number of hydrogen-bond donors (Lipinski definition) is 0. The molecule has 0 aliphatic heterocycles. The maximum absolute atomic E-state index is 14.3. The molecular formula is C31H43NO3. The van der Waals surface area contributed by atoms with Crippen molar-refractivity contribution in [3.63, 3.8) is 0 Å². The van der Waals surface area contributed by atoms with Crippen LogP contribution in [0, 0.1) is 44.8 Å². The Bertz CT molecular complexity index is 1140. The number of rotatable bonds is 1. The van der Waals surface area contributed by atoms with Crippen molar-refractivity contribution in [1.82, 2.24) is 5.16 Å². The third-order valence-corrected chi connectivity index (χ3v) is 12.6. The highest BCUT2D eigenvalue weighted by atomic mass is 16.5. The molecule has 6 rings (SSSR count). The lowest BCUT2D eigenvalue weighted by Crippen LogP contribution is -2.65. The van der Waals surface area contributed by atoms with E-state index in [0.29, 0.717) is 11.7 Å². The monoisotopic (exact) mass is 477 g/mol. The molecule has 0 spiro atoms. The largest absolute Gasteiger partial charge is 0.361 e. The molecule has 190 valence electrons. The summed E-state index contributed by atoms with van der Waals surface area (Å²) in [6, 6.07) is 0. The molecule has 0 unspecified atom stereocenters. The van der Waals surface area contributed by atoms with Crippen molar-refractivity contribution in [3.8, 4) is 0 Å². The summed E-state index contributed by atoms with van der Waals surface area (Å²) in [5.74, 6) is 1.84. The molecule has 3 fully saturated rings. The van der Waals surface area contributed by atoms with E-state index in [1.807, 2.05) is 6.20 Å². The average Bonchev–Trinajstić information content (AvgIpc) is 3.24. The number of carbonyl (C=O) groups excluding carboxylic acids is 2.